The highest BCUT2D eigenvalue weighted by atomic mass is 16.4. The van der Waals surface area contributed by atoms with Gasteiger partial charge in [0.15, 0.2) is 5.71 Å². The second-order valence-electron chi connectivity index (χ2n) is 9.11. The smallest absolute Gasteiger partial charge is 0.354 e. The van der Waals surface area contributed by atoms with Crippen LogP contribution in [0.2, 0.25) is 0 Å². The van der Waals surface area contributed by atoms with E-state index in [9.17, 15) is 14.7 Å². The molecule has 4 aromatic carbocycles. The molecule has 0 aromatic heterocycles. The number of carbonyl (C=O) groups excluding carboxylic acids is 1. The Kier molecular flexibility index (Phi) is 7.13. The quantitative estimate of drug-likeness (QED) is 0.197. The summed E-state index contributed by atoms with van der Waals surface area (Å²) in [4.78, 5) is 26.8. The van der Waals surface area contributed by atoms with Crippen molar-refractivity contribution < 1.29 is 14.7 Å². The van der Waals surface area contributed by atoms with Crippen LogP contribution >= 0.6 is 0 Å². The van der Waals surface area contributed by atoms with Crippen molar-refractivity contribution >= 4 is 40.7 Å². The Labute approximate surface area is 221 Å². The predicted octanol–water partition coefficient (Wildman–Crippen LogP) is 6.56. The molecule has 4 aromatic rings. The number of amides is 1. The van der Waals surface area contributed by atoms with Crippen LogP contribution in [-0.4, -0.2) is 29.2 Å². The molecule has 6 nitrogen and oxygen atoms in total. The molecule has 1 heterocycles. The highest BCUT2D eigenvalue weighted by Crippen LogP contribution is 2.35. The minimum atomic E-state index is -1.46. The van der Waals surface area contributed by atoms with Crippen LogP contribution in [0.3, 0.4) is 0 Å². The largest absolute Gasteiger partial charge is 0.477 e. The average Bonchev–Trinajstić information content (AvgIpc) is 2.96. The minimum absolute atomic E-state index is 0.203. The van der Waals surface area contributed by atoms with Crippen LogP contribution in [0, 0.1) is 5.41 Å². The number of aliphatic carboxylic acids is 1. The molecule has 1 amide bonds. The number of benzene rings is 4. The maximum absolute atomic E-state index is 12.9. The van der Waals surface area contributed by atoms with Gasteiger partial charge in [-0.2, -0.15) is 0 Å². The monoisotopic (exact) mass is 501 g/mol. The van der Waals surface area contributed by atoms with Crippen LogP contribution < -0.4 is 10.2 Å². The number of fused-ring (bicyclic) bond motifs is 1. The number of carbonyl (C=O) groups is 2. The maximum atomic E-state index is 12.9. The highest BCUT2D eigenvalue weighted by molar-refractivity contribution is 6.50. The molecule has 0 atom stereocenters. The summed E-state index contributed by atoms with van der Waals surface area (Å²) in [6.07, 6.45) is 3.31. The van der Waals surface area contributed by atoms with Gasteiger partial charge in [-0.25, -0.2) is 4.79 Å². The Balaban J connectivity index is 1.42. The van der Waals surface area contributed by atoms with Crippen molar-refractivity contribution in [2.24, 2.45) is 0 Å². The molecular weight excluding hydrogens is 474 g/mol. The fourth-order valence-corrected chi connectivity index (χ4v) is 4.69. The van der Waals surface area contributed by atoms with E-state index < -0.39 is 17.6 Å². The predicted molar refractivity (Wildman–Crippen MR) is 152 cm³/mol. The normalized spacial score (nSPS) is 12.9. The molecular formula is C32H27N3O3. The first kappa shape index (κ1) is 24.7. The summed E-state index contributed by atoms with van der Waals surface area (Å²) in [5.41, 5.74) is 5.88. The Bertz CT molecular complexity index is 1510. The number of hydrogen-bond acceptors (Lipinski definition) is 4. The van der Waals surface area contributed by atoms with E-state index in [1.54, 1.807) is 24.3 Å². The van der Waals surface area contributed by atoms with Crippen LogP contribution in [0.1, 0.15) is 17.5 Å². The van der Waals surface area contributed by atoms with Gasteiger partial charge in [0, 0.05) is 23.6 Å². The van der Waals surface area contributed by atoms with E-state index in [4.69, 9.17) is 5.41 Å². The van der Waals surface area contributed by atoms with E-state index in [0.29, 0.717) is 11.3 Å². The summed E-state index contributed by atoms with van der Waals surface area (Å²) in [6.45, 7) is 0.890. The number of rotatable bonds is 7. The first-order valence-electron chi connectivity index (χ1n) is 12.5. The molecule has 1 aliphatic rings. The zero-order valence-corrected chi connectivity index (χ0v) is 20.7. The number of nitrogens with one attached hydrogen (secondary N) is 2. The van der Waals surface area contributed by atoms with Crippen molar-refractivity contribution in [3.05, 3.63) is 120 Å². The van der Waals surface area contributed by atoms with E-state index in [-0.39, 0.29) is 5.57 Å². The molecule has 0 saturated heterocycles. The molecule has 3 N–H and O–H groups in total. The van der Waals surface area contributed by atoms with Gasteiger partial charge in [-0.15, -0.1) is 0 Å². The number of aryl methyl sites for hydroxylation is 1. The first-order chi connectivity index (χ1) is 18.5. The van der Waals surface area contributed by atoms with Crippen molar-refractivity contribution in [2.45, 2.75) is 12.8 Å². The van der Waals surface area contributed by atoms with Gasteiger partial charge in [0.1, 0.15) is 0 Å². The second-order valence-corrected chi connectivity index (χ2v) is 9.11. The third-order valence-electron chi connectivity index (χ3n) is 6.58. The summed E-state index contributed by atoms with van der Waals surface area (Å²) in [7, 11) is 0. The van der Waals surface area contributed by atoms with Gasteiger partial charge in [-0.1, -0.05) is 66.7 Å². The Morgan fingerprint density at radius 2 is 1.50 bits per heavy atom. The van der Waals surface area contributed by atoms with Gasteiger partial charge in [-0.05, 0) is 77.6 Å². The third-order valence-corrected chi connectivity index (χ3v) is 6.58. The van der Waals surface area contributed by atoms with Crippen molar-refractivity contribution in [2.75, 3.05) is 16.8 Å². The summed E-state index contributed by atoms with van der Waals surface area (Å²) in [5, 5.41) is 20.1. The number of nitrogens with zero attached hydrogens (tertiary/aromatic N) is 1. The van der Waals surface area contributed by atoms with Gasteiger partial charge in [0.25, 0.3) is 5.91 Å². The highest BCUT2D eigenvalue weighted by Gasteiger charge is 2.22. The molecule has 188 valence electrons. The number of carboxylic acids is 1. The average molecular weight is 502 g/mol. The number of anilines is 3. The molecule has 1 aliphatic heterocycles. The Hall–Kier alpha value is -4.97. The number of para-hydroxylation sites is 1. The van der Waals surface area contributed by atoms with E-state index in [1.165, 1.54) is 11.6 Å². The fraction of sp³-hybridized carbons (Fsp3) is 0.0938. The molecule has 6 heteroatoms. The van der Waals surface area contributed by atoms with E-state index >= 15 is 0 Å². The molecule has 38 heavy (non-hydrogen) atoms. The molecule has 5 rings (SSSR count). The van der Waals surface area contributed by atoms with E-state index in [1.807, 2.05) is 42.5 Å². The van der Waals surface area contributed by atoms with Crippen molar-refractivity contribution in [1.29, 1.82) is 5.41 Å². The fourth-order valence-electron chi connectivity index (χ4n) is 4.69. The van der Waals surface area contributed by atoms with Crippen LogP contribution in [0.4, 0.5) is 17.1 Å². The lowest BCUT2D eigenvalue weighted by atomic mass is 9.96. The SMILES string of the molecule is N=C(C(=O)O)/C(=C/c1ccc2c(c1)CCCN2c1ccc(-c2ccccc2)cc1)C(=O)Nc1ccccc1. The first-order valence-corrected chi connectivity index (χ1v) is 12.5. The number of hydrogen-bond donors (Lipinski definition) is 3. The minimum Gasteiger partial charge on any atom is -0.477 e. The lowest BCUT2D eigenvalue weighted by molar-refractivity contribution is -0.129. The Morgan fingerprint density at radius 1 is 0.842 bits per heavy atom. The van der Waals surface area contributed by atoms with E-state index in [2.05, 4.69) is 46.6 Å². The van der Waals surface area contributed by atoms with Gasteiger partial charge in [0.2, 0.25) is 0 Å². The zero-order chi connectivity index (χ0) is 26.5. The maximum Gasteiger partial charge on any atom is 0.354 e. The topological polar surface area (TPSA) is 93.5 Å². The molecule has 0 aliphatic carbocycles. The Morgan fingerprint density at radius 3 is 2.18 bits per heavy atom. The van der Waals surface area contributed by atoms with Crippen molar-refractivity contribution in [3.63, 3.8) is 0 Å². The van der Waals surface area contributed by atoms with Crippen LogP contribution in [-0.2, 0) is 16.0 Å². The zero-order valence-electron chi connectivity index (χ0n) is 20.7. The van der Waals surface area contributed by atoms with Crippen LogP contribution in [0.25, 0.3) is 17.2 Å². The number of carboxylic acid groups (broad SMARTS) is 1. The van der Waals surface area contributed by atoms with E-state index in [0.717, 1.165) is 41.9 Å². The summed E-state index contributed by atoms with van der Waals surface area (Å²) in [5.74, 6) is -2.09. The second kappa shape index (κ2) is 11.0. The lowest BCUT2D eigenvalue weighted by Crippen LogP contribution is -2.25. The third kappa shape index (κ3) is 5.39. The van der Waals surface area contributed by atoms with Crippen LogP contribution in [0.15, 0.2) is 109 Å². The molecule has 0 unspecified atom stereocenters. The van der Waals surface area contributed by atoms with Gasteiger partial charge < -0.3 is 15.3 Å². The lowest BCUT2D eigenvalue weighted by Gasteiger charge is -2.32. The van der Waals surface area contributed by atoms with Crippen LogP contribution in [0.5, 0.6) is 0 Å². The van der Waals surface area contributed by atoms with Gasteiger partial charge >= 0.3 is 5.97 Å². The van der Waals surface area contributed by atoms with Crippen molar-refractivity contribution in [1.82, 2.24) is 0 Å². The summed E-state index contributed by atoms with van der Waals surface area (Å²) < 4.78 is 0. The van der Waals surface area contributed by atoms with Gasteiger partial charge in [0.05, 0.1) is 5.57 Å². The van der Waals surface area contributed by atoms with Crippen molar-refractivity contribution in [3.8, 4) is 11.1 Å². The molecule has 0 radical (unpaired) electrons. The molecule has 0 fully saturated rings. The summed E-state index contributed by atoms with van der Waals surface area (Å²) >= 11 is 0. The molecule has 0 bridgehead atoms. The molecule has 0 spiro atoms. The summed E-state index contributed by atoms with van der Waals surface area (Å²) in [6, 6.07) is 33.4. The molecule has 0 saturated carbocycles. The van der Waals surface area contributed by atoms with Gasteiger partial charge in [-0.3, -0.25) is 10.2 Å². The standard InChI is InChI=1S/C32H27N3O3/c33-30(32(37)38)28(31(36)34-26-11-5-2-6-12-26)21-22-13-18-29-25(20-22)10-7-19-35(29)27-16-14-24(15-17-27)23-8-3-1-4-9-23/h1-6,8-9,11-18,20-21,33H,7,10,19H2,(H,34,36)(H,37,38)/b28-21-,33-30?.